The third-order valence-corrected chi connectivity index (χ3v) is 3.31. The van der Waals surface area contributed by atoms with Gasteiger partial charge < -0.3 is 10.4 Å². The SMILES string of the molecule is N#Cc1cc(Br)cc(Br)c1NCC(O)CCl. The fraction of sp³-hybridized carbons (Fsp3) is 0.300. The van der Waals surface area contributed by atoms with Gasteiger partial charge in [-0.15, -0.1) is 11.6 Å². The summed E-state index contributed by atoms with van der Waals surface area (Å²) < 4.78 is 1.58. The van der Waals surface area contributed by atoms with Crippen molar-refractivity contribution in [2.75, 3.05) is 17.7 Å². The highest BCUT2D eigenvalue weighted by molar-refractivity contribution is 9.11. The van der Waals surface area contributed by atoms with Crippen LogP contribution in [0.4, 0.5) is 5.69 Å². The van der Waals surface area contributed by atoms with Crippen molar-refractivity contribution < 1.29 is 5.11 Å². The number of benzene rings is 1. The molecular formula is C10H9Br2ClN2O. The molecule has 1 rings (SSSR count). The van der Waals surface area contributed by atoms with E-state index < -0.39 is 6.10 Å². The van der Waals surface area contributed by atoms with Crippen LogP contribution in [0.5, 0.6) is 0 Å². The molecule has 0 radical (unpaired) electrons. The second-order valence-corrected chi connectivity index (χ2v) is 5.19. The van der Waals surface area contributed by atoms with Gasteiger partial charge in [-0.1, -0.05) is 15.9 Å². The Morgan fingerprint density at radius 1 is 1.50 bits per heavy atom. The van der Waals surface area contributed by atoms with E-state index in [1.807, 2.05) is 6.07 Å². The molecule has 1 atom stereocenters. The molecule has 6 heteroatoms. The lowest BCUT2D eigenvalue weighted by Crippen LogP contribution is -2.21. The fourth-order valence-corrected chi connectivity index (χ4v) is 2.59. The maximum Gasteiger partial charge on any atom is 0.101 e. The van der Waals surface area contributed by atoms with Gasteiger partial charge in [-0.05, 0) is 28.1 Å². The van der Waals surface area contributed by atoms with Crippen LogP contribution in [0, 0.1) is 11.3 Å². The van der Waals surface area contributed by atoms with E-state index in [2.05, 4.69) is 43.2 Å². The highest BCUT2D eigenvalue weighted by atomic mass is 79.9. The van der Waals surface area contributed by atoms with Crippen molar-refractivity contribution in [2.24, 2.45) is 0 Å². The average Bonchev–Trinajstić information content (AvgIpc) is 2.26. The number of rotatable bonds is 4. The molecule has 1 unspecified atom stereocenters. The molecule has 0 fully saturated rings. The summed E-state index contributed by atoms with van der Waals surface area (Å²) >= 11 is 12.1. The van der Waals surface area contributed by atoms with Crippen LogP contribution in [-0.4, -0.2) is 23.6 Å². The number of hydrogen-bond acceptors (Lipinski definition) is 3. The van der Waals surface area contributed by atoms with E-state index in [9.17, 15) is 5.11 Å². The largest absolute Gasteiger partial charge is 0.390 e. The van der Waals surface area contributed by atoms with Gasteiger partial charge in [0.1, 0.15) is 6.07 Å². The number of aliphatic hydroxyl groups excluding tert-OH is 1. The van der Waals surface area contributed by atoms with Gasteiger partial charge in [0.15, 0.2) is 0 Å². The minimum absolute atomic E-state index is 0.156. The third-order valence-electron chi connectivity index (χ3n) is 1.87. The summed E-state index contributed by atoms with van der Waals surface area (Å²) in [5, 5.41) is 21.3. The average molecular weight is 368 g/mol. The number of hydrogen-bond donors (Lipinski definition) is 2. The Morgan fingerprint density at radius 3 is 2.75 bits per heavy atom. The predicted molar refractivity (Wildman–Crippen MR) is 71.8 cm³/mol. The Balaban J connectivity index is 2.91. The highest BCUT2D eigenvalue weighted by Gasteiger charge is 2.10. The number of halogens is 3. The molecule has 0 amide bonds. The Kier molecular flexibility index (Phi) is 5.56. The molecule has 0 saturated carbocycles. The van der Waals surface area contributed by atoms with Crippen molar-refractivity contribution in [3.05, 3.63) is 26.6 Å². The second-order valence-electron chi connectivity index (χ2n) is 3.11. The summed E-state index contributed by atoms with van der Waals surface area (Å²) in [6.45, 7) is 0.304. The van der Waals surface area contributed by atoms with Crippen LogP contribution in [0.2, 0.25) is 0 Å². The first-order chi connectivity index (χ1) is 7.58. The van der Waals surface area contributed by atoms with Crippen LogP contribution < -0.4 is 5.32 Å². The van der Waals surface area contributed by atoms with Gasteiger partial charge in [0.2, 0.25) is 0 Å². The number of anilines is 1. The first-order valence-electron chi connectivity index (χ1n) is 4.45. The molecule has 16 heavy (non-hydrogen) atoms. The molecule has 1 aromatic rings. The van der Waals surface area contributed by atoms with Crippen LogP contribution in [0.1, 0.15) is 5.56 Å². The smallest absolute Gasteiger partial charge is 0.101 e. The lowest BCUT2D eigenvalue weighted by molar-refractivity contribution is 0.211. The van der Waals surface area contributed by atoms with Crippen LogP contribution in [-0.2, 0) is 0 Å². The highest BCUT2D eigenvalue weighted by Crippen LogP contribution is 2.30. The van der Waals surface area contributed by atoms with Crippen molar-refractivity contribution in [1.29, 1.82) is 5.26 Å². The van der Waals surface area contributed by atoms with Gasteiger partial charge in [0.05, 0.1) is 23.2 Å². The zero-order valence-electron chi connectivity index (χ0n) is 8.17. The van der Waals surface area contributed by atoms with Crippen molar-refractivity contribution in [1.82, 2.24) is 0 Å². The fourth-order valence-electron chi connectivity index (χ4n) is 1.12. The zero-order chi connectivity index (χ0) is 12.1. The molecule has 1 aromatic carbocycles. The standard InChI is InChI=1S/C10H9Br2ClN2O/c11-7-1-6(4-14)10(9(12)2-7)15-5-8(16)3-13/h1-2,8,15-16H,3,5H2. The number of aliphatic hydroxyl groups is 1. The lowest BCUT2D eigenvalue weighted by Gasteiger charge is -2.13. The van der Waals surface area contributed by atoms with Gasteiger partial charge in [-0.25, -0.2) is 0 Å². The Morgan fingerprint density at radius 2 is 2.19 bits per heavy atom. The molecule has 0 saturated heterocycles. The van der Waals surface area contributed by atoms with Gasteiger partial charge in [0.25, 0.3) is 0 Å². The van der Waals surface area contributed by atoms with Crippen molar-refractivity contribution >= 4 is 49.1 Å². The Hall–Kier alpha value is -0.280. The molecule has 3 nitrogen and oxygen atoms in total. The van der Waals surface area contributed by atoms with E-state index in [0.29, 0.717) is 17.8 Å². The summed E-state index contributed by atoms with van der Waals surface area (Å²) in [5.41, 5.74) is 1.16. The van der Waals surface area contributed by atoms with Crippen LogP contribution >= 0.6 is 43.5 Å². The first-order valence-corrected chi connectivity index (χ1v) is 6.57. The minimum atomic E-state index is -0.635. The topological polar surface area (TPSA) is 56.0 Å². The molecule has 0 aliphatic rings. The zero-order valence-corrected chi connectivity index (χ0v) is 12.1. The molecule has 0 spiro atoms. The Bertz CT molecular complexity index is 420. The number of nitrogens with one attached hydrogen (secondary N) is 1. The van der Waals surface area contributed by atoms with Gasteiger partial charge in [0, 0.05) is 15.5 Å². The summed E-state index contributed by atoms with van der Waals surface area (Å²) in [5.74, 6) is 0.156. The lowest BCUT2D eigenvalue weighted by atomic mass is 10.2. The van der Waals surface area contributed by atoms with E-state index in [1.165, 1.54) is 0 Å². The summed E-state index contributed by atoms with van der Waals surface area (Å²) in [4.78, 5) is 0. The quantitative estimate of drug-likeness (QED) is 0.803. The molecule has 0 heterocycles. The van der Waals surface area contributed by atoms with Crippen LogP contribution in [0.25, 0.3) is 0 Å². The molecule has 0 aliphatic carbocycles. The summed E-state index contributed by atoms with van der Waals surface area (Å²) in [6, 6.07) is 5.62. The molecule has 0 aliphatic heterocycles. The van der Waals surface area contributed by atoms with Crippen LogP contribution in [0.3, 0.4) is 0 Å². The molecule has 0 aromatic heterocycles. The molecule has 0 bridgehead atoms. The number of nitrogens with zero attached hydrogens (tertiary/aromatic N) is 1. The minimum Gasteiger partial charge on any atom is -0.390 e. The van der Waals surface area contributed by atoms with E-state index >= 15 is 0 Å². The van der Waals surface area contributed by atoms with Gasteiger partial charge >= 0.3 is 0 Å². The molecule has 86 valence electrons. The van der Waals surface area contributed by atoms with Crippen molar-refractivity contribution in [3.8, 4) is 6.07 Å². The van der Waals surface area contributed by atoms with E-state index in [4.69, 9.17) is 16.9 Å². The molecular weight excluding hydrogens is 359 g/mol. The van der Waals surface area contributed by atoms with E-state index in [-0.39, 0.29) is 5.88 Å². The number of alkyl halides is 1. The maximum absolute atomic E-state index is 9.33. The van der Waals surface area contributed by atoms with Crippen molar-refractivity contribution in [3.63, 3.8) is 0 Å². The molecule has 2 N–H and O–H groups in total. The monoisotopic (exact) mass is 366 g/mol. The summed E-state index contributed by atoms with van der Waals surface area (Å²) in [7, 11) is 0. The Labute approximate surface area is 116 Å². The predicted octanol–water partition coefficient (Wildman–Crippen LogP) is 3.09. The summed E-state index contributed by atoms with van der Waals surface area (Å²) in [6.07, 6.45) is -0.635. The normalized spacial score (nSPS) is 11.9. The maximum atomic E-state index is 9.33. The first kappa shape index (κ1) is 13.8. The van der Waals surface area contributed by atoms with E-state index in [1.54, 1.807) is 6.07 Å². The van der Waals surface area contributed by atoms with E-state index in [0.717, 1.165) is 8.95 Å². The van der Waals surface area contributed by atoms with Crippen molar-refractivity contribution in [2.45, 2.75) is 6.10 Å². The second kappa shape index (κ2) is 6.45. The van der Waals surface area contributed by atoms with Crippen LogP contribution in [0.15, 0.2) is 21.1 Å². The third kappa shape index (κ3) is 3.63. The van der Waals surface area contributed by atoms with Gasteiger partial charge in [-0.3, -0.25) is 0 Å². The number of nitriles is 1. The van der Waals surface area contributed by atoms with Gasteiger partial charge in [-0.2, -0.15) is 5.26 Å².